The zero-order valence-electron chi connectivity index (χ0n) is 12.6. The van der Waals surface area contributed by atoms with Gasteiger partial charge in [-0.3, -0.25) is 4.79 Å². The fourth-order valence-corrected chi connectivity index (χ4v) is 2.53. The third-order valence-corrected chi connectivity index (χ3v) is 3.72. The van der Waals surface area contributed by atoms with Gasteiger partial charge >= 0.3 is 0 Å². The van der Waals surface area contributed by atoms with Gasteiger partial charge in [-0.25, -0.2) is 4.98 Å². The third-order valence-electron chi connectivity index (χ3n) is 3.72. The lowest BCUT2D eigenvalue weighted by molar-refractivity contribution is -0.116. The van der Waals surface area contributed by atoms with Gasteiger partial charge < -0.3 is 15.6 Å². The van der Waals surface area contributed by atoms with E-state index in [1.165, 1.54) is 0 Å². The Morgan fingerprint density at radius 2 is 1.95 bits per heavy atom. The molecule has 3 aromatic rings. The first-order chi connectivity index (χ1) is 10.6. The Balaban J connectivity index is 1.87. The van der Waals surface area contributed by atoms with Crippen molar-refractivity contribution in [3.63, 3.8) is 0 Å². The number of nitrogens with two attached hydrogens (primary N) is 1. The highest BCUT2D eigenvalue weighted by atomic mass is 16.1. The lowest BCUT2D eigenvalue weighted by atomic mass is 10.2. The van der Waals surface area contributed by atoms with Gasteiger partial charge in [-0.05, 0) is 37.6 Å². The van der Waals surface area contributed by atoms with Crippen molar-refractivity contribution in [1.82, 2.24) is 9.55 Å². The van der Waals surface area contributed by atoms with E-state index < -0.39 is 0 Å². The minimum Gasteiger partial charge on any atom is -0.397 e. The van der Waals surface area contributed by atoms with Crippen LogP contribution in [0.2, 0.25) is 0 Å². The van der Waals surface area contributed by atoms with Crippen molar-refractivity contribution < 1.29 is 4.79 Å². The molecule has 0 atom stereocenters. The number of aromatic nitrogens is 2. The molecule has 1 heterocycles. The molecule has 0 aliphatic carbocycles. The number of carbonyl (C=O) groups is 1. The fraction of sp³-hybridized carbons (Fsp3) is 0.176. The van der Waals surface area contributed by atoms with Gasteiger partial charge in [0.25, 0.3) is 0 Å². The second-order valence-electron chi connectivity index (χ2n) is 5.32. The molecule has 22 heavy (non-hydrogen) atoms. The summed E-state index contributed by atoms with van der Waals surface area (Å²) >= 11 is 0. The Hall–Kier alpha value is -2.82. The van der Waals surface area contributed by atoms with Crippen molar-refractivity contribution in [2.75, 3.05) is 11.1 Å². The molecule has 0 saturated heterocycles. The maximum atomic E-state index is 12.3. The number of benzene rings is 2. The number of hydrogen-bond acceptors (Lipinski definition) is 3. The van der Waals surface area contributed by atoms with E-state index in [0.29, 0.717) is 5.69 Å². The Labute approximate surface area is 128 Å². The van der Waals surface area contributed by atoms with Gasteiger partial charge in [0.05, 0.1) is 11.2 Å². The molecule has 112 valence electrons. The lowest BCUT2D eigenvalue weighted by Gasteiger charge is -2.10. The van der Waals surface area contributed by atoms with Crippen LogP contribution in [0.25, 0.3) is 11.0 Å². The van der Waals surface area contributed by atoms with Crippen LogP contribution in [0.3, 0.4) is 0 Å². The van der Waals surface area contributed by atoms with Crippen molar-refractivity contribution in [2.45, 2.75) is 20.4 Å². The number of amides is 1. The molecule has 0 saturated carbocycles. The molecule has 0 spiro atoms. The standard InChI is InChI=1S/C17H18N4O/c1-11-6-3-4-8-14(11)20-16(22)10-21-12(2)19-17-13(18)7-5-9-15(17)21/h3-9H,10,18H2,1-2H3,(H,20,22). The molecule has 5 heteroatoms. The first kappa shape index (κ1) is 14.1. The summed E-state index contributed by atoms with van der Waals surface area (Å²) in [4.78, 5) is 16.8. The highest BCUT2D eigenvalue weighted by molar-refractivity contribution is 5.93. The van der Waals surface area contributed by atoms with E-state index in [9.17, 15) is 4.79 Å². The van der Waals surface area contributed by atoms with Gasteiger partial charge in [0.2, 0.25) is 5.91 Å². The number of nitrogen functional groups attached to an aromatic ring is 1. The maximum Gasteiger partial charge on any atom is 0.244 e. The normalized spacial score (nSPS) is 10.8. The summed E-state index contributed by atoms with van der Waals surface area (Å²) in [6.45, 7) is 4.05. The molecule has 0 fully saturated rings. The number of aryl methyl sites for hydroxylation is 2. The number of nitrogens with zero attached hydrogens (tertiary/aromatic N) is 2. The minimum absolute atomic E-state index is 0.0841. The lowest BCUT2D eigenvalue weighted by Crippen LogP contribution is -2.19. The summed E-state index contributed by atoms with van der Waals surface area (Å²) < 4.78 is 1.87. The van der Waals surface area contributed by atoms with Gasteiger partial charge in [0, 0.05) is 5.69 Å². The van der Waals surface area contributed by atoms with Crippen LogP contribution in [0.5, 0.6) is 0 Å². The first-order valence-electron chi connectivity index (χ1n) is 7.13. The summed E-state index contributed by atoms with van der Waals surface area (Å²) in [6, 6.07) is 13.3. The van der Waals surface area contributed by atoms with E-state index >= 15 is 0 Å². The average Bonchev–Trinajstić information content (AvgIpc) is 2.80. The van der Waals surface area contributed by atoms with E-state index in [4.69, 9.17) is 5.73 Å². The molecular formula is C17H18N4O. The van der Waals surface area contributed by atoms with Gasteiger partial charge in [-0.2, -0.15) is 0 Å². The number of nitrogens with one attached hydrogen (secondary N) is 1. The Morgan fingerprint density at radius 3 is 2.73 bits per heavy atom. The van der Waals surface area contributed by atoms with Crippen LogP contribution in [0, 0.1) is 13.8 Å². The fourth-order valence-electron chi connectivity index (χ4n) is 2.53. The predicted molar refractivity (Wildman–Crippen MR) is 88.7 cm³/mol. The van der Waals surface area contributed by atoms with E-state index in [1.807, 2.05) is 60.9 Å². The number of hydrogen-bond donors (Lipinski definition) is 2. The van der Waals surface area contributed by atoms with E-state index in [-0.39, 0.29) is 12.5 Å². The van der Waals surface area contributed by atoms with Crippen LogP contribution in [0.1, 0.15) is 11.4 Å². The van der Waals surface area contributed by atoms with Gasteiger partial charge in [-0.15, -0.1) is 0 Å². The second-order valence-corrected chi connectivity index (χ2v) is 5.32. The molecule has 2 aromatic carbocycles. The molecule has 0 bridgehead atoms. The highest BCUT2D eigenvalue weighted by Gasteiger charge is 2.13. The molecule has 0 aliphatic heterocycles. The van der Waals surface area contributed by atoms with E-state index in [0.717, 1.165) is 28.1 Å². The second kappa shape index (κ2) is 5.52. The number of carbonyl (C=O) groups excluding carboxylic acids is 1. The summed E-state index contributed by atoms with van der Waals surface area (Å²) in [5.74, 6) is 0.687. The topological polar surface area (TPSA) is 72.9 Å². The monoisotopic (exact) mass is 294 g/mol. The molecule has 3 rings (SSSR count). The first-order valence-corrected chi connectivity index (χ1v) is 7.13. The molecule has 1 aromatic heterocycles. The van der Waals surface area contributed by atoms with Crippen molar-refractivity contribution in [3.05, 3.63) is 53.9 Å². The average molecular weight is 294 g/mol. The number of anilines is 2. The largest absolute Gasteiger partial charge is 0.397 e. The molecule has 1 amide bonds. The van der Waals surface area contributed by atoms with Crippen LogP contribution in [-0.4, -0.2) is 15.5 Å². The third kappa shape index (κ3) is 2.53. The minimum atomic E-state index is -0.0841. The molecule has 0 radical (unpaired) electrons. The quantitative estimate of drug-likeness (QED) is 0.729. The zero-order chi connectivity index (χ0) is 15.7. The summed E-state index contributed by atoms with van der Waals surface area (Å²) in [6.07, 6.45) is 0. The SMILES string of the molecule is Cc1ccccc1NC(=O)Cn1c(C)nc2c(N)cccc21. The van der Waals surface area contributed by atoms with Crippen LogP contribution in [0.4, 0.5) is 11.4 Å². The smallest absolute Gasteiger partial charge is 0.244 e. The number of fused-ring (bicyclic) bond motifs is 1. The number of rotatable bonds is 3. The van der Waals surface area contributed by atoms with Crippen molar-refractivity contribution in [2.24, 2.45) is 0 Å². The number of para-hydroxylation sites is 2. The van der Waals surface area contributed by atoms with Gasteiger partial charge in [0.1, 0.15) is 17.9 Å². The van der Waals surface area contributed by atoms with Crippen molar-refractivity contribution >= 4 is 28.3 Å². The van der Waals surface area contributed by atoms with Crippen LogP contribution < -0.4 is 11.1 Å². The Bertz CT molecular complexity index is 851. The summed E-state index contributed by atoms with van der Waals surface area (Å²) in [5, 5.41) is 2.94. The maximum absolute atomic E-state index is 12.3. The Morgan fingerprint density at radius 1 is 1.18 bits per heavy atom. The Kier molecular flexibility index (Phi) is 3.55. The van der Waals surface area contributed by atoms with Crippen LogP contribution in [0.15, 0.2) is 42.5 Å². The summed E-state index contributed by atoms with van der Waals surface area (Å²) in [5.41, 5.74) is 10.0. The molecule has 3 N–H and O–H groups in total. The van der Waals surface area contributed by atoms with Crippen LogP contribution in [-0.2, 0) is 11.3 Å². The van der Waals surface area contributed by atoms with Crippen molar-refractivity contribution in [1.29, 1.82) is 0 Å². The highest BCUT2D eigenvalue weighted by Crippen LogP contribution is 2.21. The molecule has 0 aliphatic rings. The van der Waals surface area contributed by atoms with Gasteiger partial charge in [0.15, 0.2) is 0 Å². The van der Waals surface area contributed by atoms with Gasteiger partial charge in [-0.1, -0.05) is 24.3 Å². The number of imidazole rings is 1. The summed E-state index contributed by atoms with van der Waals surface area (Å²) in [7, 11) is 0. The van der Waals surface area contributed by atoms with E-state index in [2.05, 4.69) is 10.3 Å². The van der Waals surface area contributed by atoms with Crippen molar-refractivity contribution in [3.8, 4) is 0 Å². The van der Waals surface area contributed by atoms with E-state index in [1.54, 1.807) is 0 Å². The molecule has 0 unspecified atom stereocenters. The molecular weight excluding hydrogens is 276 g/mol. The van der Waals surface area contributed by atoms with Crippen LogP contribution >= 0.6 is 0 Å². The zero-order valence-corrected chi connectivity index (χ0v) is 12.6. The molecule has 5 nitrogen and oxygen atoms in total. The predicted octanol–water partition coefficient (Wildman–Crippen LogP) is 2.87.